The summed E-state index contributed by atoms with van der Waals surface area (Å²) in [6, 6.07) is 0. The fraction of sp³-hybridized carbons (Fsp3) is 0.778. The van der Waals surface area contributed by atoms with E-state index in [1.54, 1.807) is 0 Å². The molecule has 0 unspecified atom stereocenters. The minimum absolute atomic E-state index is 0. The van der Waals surface area contributed by atoms with E-state index in [-0.39, 0.29) is 34.2 Å². The van der Waals surface area contributed by atoms with Crippen molar-refractivity contribution >= 4 is 19.7 Å². The van der Waals surface area contributed by atoms with Crippen LogP contribution in [0.1, 0.15) is 26.7 Å². The molecule has 1 fully saturated rings. The molecular formula is C9H17AuNO2P. The maximum atomic E-state index is 10.1. The van der Waals surface area contributed by atoms with Crippen molar-refractivity contribution in [1.29, 1.82) is 0 Å². The minimum atomic E-state index is -0.273. The SMILES string of the molecule is CC(C)P(C)C.O=C1CCC(=O)[N-]1.[Au+]. The molecule has 86 valence electrons. The van der Waals surface area contributed by atoms with Crippen LogP contribution in [-0.2, 0) is 32.0 Å². The van der Waals surface area contributed by atoms with Crippen LogP contribution in [-0.4, -0.2) is 30.8 Å². The summed E-state index contributed by atoms with van der Waals surface area (Å²) in [5, 5.41) is 3.11. The average molecular weight is 399 g/mol. The van der Waals surface area contributed by atoms with Crippen LogP contribution < -0.4 is 0 Å². The molecule has 0 saturated carbocycles. The molecule has 0 N–H and O–H groups in total. The number of imide groups is 1. The van der Waals surface area contributed by atoms with Crippen molar-refractivity contribution in [3.05, 3.63) is 5.32 Å². The number of carbonyl (C=O) groups excluding carboxylic acids is 2. The van der Waals surface area contributed by atoms with Gasteiger partial charge in [0.1, 0.15) is 0 Å². The van der Waals surface area contributed by atoms with E-state index < -0.39 is 0 Å². The Morgan fingerprint density at radius 1 is 1.14 bits per heavy atom. The summed E-state index contributed by atoms with van der Waals surface area (Å²) in [6.07, 6.45) is 0.637. The molecule has 1 aliphatic heterocycles. The molecule has 1 aliphatic rings. The first-order valence-electron chi connectivity index (χ1n) is 4.37. The molecule has 2 amide bonds. The maximum Gasteiger partial charge on any atom is 1.00 e. The monoisotopic (exact) mass is 399 g/mol. The van der Waals surface area contributed by atoms with E-state index in [2.05, 4.69) is 32.5 Å². The molecule has 0 aromatic heterocycles. The minimum Gasteiger partial charge on any atom is -0.596 e. The number of hydrogen-bond donors (Lipinski definition) is 0. The second kappa shape index (κ2) is 8.61. The van der Waals surface area contributed by atoms with Gasteiger partial charge in [0.2, 0.25) is 0 Å². The summed E-state index contributed by atoms with van der Waals surface area (Å²) >= 11 is 0. The summed E-state index contributed by atoms with van der Waals surface area (Å²) in [6.45, 7) is 9.15. The van der Waals surface area contributed by atoms with Gasteiger partial charge in [-0.05, 0) is 31.8 Å². The predicted molar refractivity (Wildman–Crippen MR) is 56.5 cm³/mol. The van der Waals surface area contributed by atoms with Crippen molar-refractivity contribution in [3.8, 4) is 0 Å². The summed E-state index contributed by atoms with van der Waals surface area (Å²) in [5.41, 5.74) is 0.917. The molecule has 0 radical (unpaired) electrons. The predicted octanol–water partition coefficient (Wildman–Crippen LogP) is 2.34. The molecule has 0 atom stereocenters. The van der Waals surface area contributed by atoms with Gasteiger partial charge in [-0.1, -0.05) is 13.8 Å². The van der Waals surface area contributed by atoms with Gasteiger partial charge in [-0.3, -0.25) is 0 Å². The molecule has 0 aliphatic carbocycles. The fourth-order valence-corrected chi connectivity index (χ4v) is 0.465. The molecular weight excluding hydrogens is 382 g/mol. The van der Waals surface area contributed by atoms with Crippen LogP contribution in [0.5, 0.6) is 0 Å². The average Bonchev–Trinajstić information content (AvgIpc) is 2.35. The zero-order chi connectivity index (χ0) is 10.4. The van der Waals surface area contributed by atoms with Crippen molar-refractivity contribution in [2.24, 2.45) is 0 Å². The van der Waals surface area contributed by atoms with Gasteiger partial charge in [-0.15, -0.1) is 7.92 Å². The van der Waals surface area contributed by atoms with Gasteiger partial charge < -0.3 is 14.9 Å². The molecule has 3 nitrogen and oxygen atoms in total. The van der Waals surface area contributed by atoms with Gasteiger partial charge in [-0.2, -0.15) is 0 Å². The van der Waals surface area contributed by atoms with Crippen LogP contribution in [0.3, 0.4) is 0 Å². The van der Waals surface area contributed by atoms with E-state index in [9.17, 15) is 9.59 Å². The summed E-state index contributed by atoms with van der Waals surface area (Å²) in [7, 11) is 0.341. The van der Waals surface area contributed by atoms with Crippen LogP contribution in [0.25, 0.3) is 5.32 Å². The first-order valence-corrected chi connectivity index (χ1v) is 6.68. The van der Waals surface area contributed by atoms with E-state index in [0.717, 1.165) is 5.66 Å². The van der Waals surface area contributed by atoms with Gasteiger partial charge in [0.15, 0.2) is 0 Å². The Labute approximate surface area is 103 Å². The largest absolute Gasteiger partial charge is 1.00 e. The van der Waals surface area contributed by atoms with E-state index >= 15 is 0 Å². The van der Waals surface area contributed by atoms with E-state index in [1.807, 2.05) is 0 Å². The van der Waals surface area contributed by atoms with Crippen molar-refractivity contribution in [1.82, 2.24) is 0 Å². The molecule has 0 aromatic rings. The molecule has 0 bridgehead atoms. The number of amides is 2. The Hall–Kier alpha value is 0.310. The molecule has 1 saturated heterocycles. The Morgan fingerprint density at radius 3 is 1.50 bits per heavy atom. The zero-order valence-electron chi connectivity index (χ0n) is 9.00. The topological polar surface area (TPSA) is 48.2 Å². The summed E-state index contributed by atoms with van der Waals surface area (Å²) in [4.78, 5) is 20.1. The maximum absolute atomic E-state index is 10.1. The smallest absolute Gasteiger partial charge is 0.596 e. The van der Waals surface area contributed by atoms with Crippen LogP contribution >= 0.6 is 7.92 Å². The van der Waals surface area contributed by atoms with Crippen molar-refractivity contribution < 1.29 is 32.0 Å². The Morgan fingerprint density at radius 2 is 1.43 bits per heavy atom. The summed E-state index contributed by atoms with van der Waals surface area (Å²) in [5.74, 6) is -0.546. The molecule has 1 heterocycles. The Kier molecular flexibility index (Phi) is 10.3. The van der Waals surface area contributed by atoms with Crippen molar-refractivity contribution in [2.75, 3.05) is 13.3 Å². The van der Waals surface area contributed by atoms with Crippen molar-refractivity contribution in [3.63, 3.8) is 0 Å². The molecule has 1 rings (SSSR count). The van der Waals surface area contributed by atoms with Gasteiger partial charge in [0.25, 0.3) is 0 Å². The fourth-order valence-electron chi connectivity index (χ4n) is 0.465. The molecule has 0 spiro atoms. The summed E-state index contributed by atoms with van der Waals surface area (Å²) < 4.78 is 0. The Balaban J connectivity index is 0. The standard InChI is InChI=1S/C5H13P.C4H5NO2.Au/c1-5(2)6(3)4;6-3-1-2-4(7)5-3;/h5H,1-4H3;1-2H2,(H,5,6,7);/q;;+1/p-1. The van der Waals surface area contributed by atoms with Crippen LogP contribution in [0.15, 0.2) is 0 Å². The van der Waals surface area contributed by atoms with Crippen molar-refractivity contribution in [2.45, 2.75) is 32.3 Å². The third kappa shape index (κ3) is 8.89. The van der Waals surface area contributed by atoms with Gasteiger partial charge >= 0.3 is 22.4 Å². The molecule has 0 aromatic carbocycles. The molecule has 14 heavy (non-hydrogen) atoms. The number of nitrogens with zero attached hydrogens (tertiary/aromatic N) is 1. The normalized spacial score (nSPS) is 14.7. The van der Waals surface area contributed by atoms with Gasteiger partial charge in [-0.25, -0.2) is 0 Å². The first-order chi connectivity index (χ1) is 5.93. The van der Waals surface area contributed by atoms with E-state index in [4.69, 9.17) is 0 Å². The van der Waals surface area contributed by atoms with Crippen LogP contribution in [0.4, 0.5) is 0 Å². The van der Waals surface area contributed by atoms with Crippen LogP contribution in [0, 0.1) is 0 Å². The first kappa shape index (κ1) is 16.7. The number of hydrogen-bond acceptors (Lipinski definition) is 2. The third-order valence-corrected chi connectivity index (χ3v) is 3.90. The molecule has 5 heteroatoms. The van der Waals surface area contributed by atoms with E-state index in [1.165, 1.54) is 0 Å². The van der Waals surface area contributed by atoms with Gasteiger partial charge in [0.05, 0.1) is 11.8 Å². The second-order valence-electron chi connectivity index (χ2n) is 3.46. The number of carbonyl (C=O) groups is 2. The number of rotatable bonds is 1. The van der Waals surface area contributed by atoms with Gasteiger partial charge in [0, 0.05) is 0 Å². The zero-order valence-corrected chi connectivity index (χ0v) is 12.1. The Bertz CT molecular complexity index is 175. The van der Waals surface area contributed by atoms with E-state index in [0.29, 0.717) is 20.8 Å². The second-order valence-corrected chi connectivity index (χ2v) is 6.42. The van der Waals surface area contributed by atoms with Crippen LogP contribution in [0.2, 0.25) is 0 Å². The quantitative estimate of drug-likeness (QED) is 0.386. The third-order valence-electron chi connectivity index (χ3n) is 1.83.